The molecule has 0 bridgehead atoms. The molecule has 9 heteroatoms. The van der Waals surface area contributed by atoms with E-state index >= 15 is 0 Å². The molecule has 0 radical (unpaired) electrons. The maximum absolute atomic E-state index is 9.79. The fraction of sp³-hybridized carbons (Fsp3) is 0.261. The summed E-state index contributed by atoms with van der Waals surface area (Å²) in [7, 11) is 0. The average molecular weight is 466 g/mol. The smallest absolute Gasteiger partial charge is 0.177 e. The van der Waals surface area contributed by atoms with Gasteiger partial charge in [-0.3, -0.25) is 4.68 Å². The molecular formula is C23H20ClN5O2S. The minimum Gasteiger partial charge on any atom is -0.452 e. The zero-order valence-electron chi connectivity index (χ0n) is 17.0. The molecule has 3 N–H and O–H groups in total. The van der Waals surface area contributed by atoms with Crippen molar-refractivity contribution in [2.75, 3.05) is 5.73 Å². The number of aliphatic hydroxyl groups is 1. The number of pyridine rings is 2. The van der Waals surface area contributed by atoms with Crippen molar-refractivity contribution < 1.29 is 9.52 Å². The predicted octanol–water partition coefficient (Wildman–Crippen LogP) is 5.68. The molecule has 0 aromatic carbocycles. The van der Waals surface area contributed by atoms with Gasteiger partial charge in [0.2, 0.25) is 0 Å². The Hall–Kier alpha value is -2.94. The monoisotopic (exact) mass is 465 g/mol. The lowest BCUT2D eigenvalue weighted by Crippen LogP contribution is -2.21. The second-order valence-electron chi connectivity index (χ2n) is 8.23. The molecule has 0 aliphatic heterocycles. The van der Waals surface area contributed by atoms with Crippen LogP contribution in [0.4, 0.5) is 5.82 Å². The zero-order chi connectivity index (χ0) is 21.8. The molecule has 1 fully saturated rings. The highest BCUT2D eigenvalue weighted by molar-refractivity contribution is 7.17. The topological polar surface area (TPSA) is 103 Å². The molecule has 1 saturated carbocycles. The van der Waals surface area contributed by atoms with Crippen molar-refractivity contribution in [2.24, 2.45) is 0 Å². The molecule has 0 unspecified atom stereocenters. The second-order valence-corrected chi connectivity index (χ2v) is 9.53. The fourth-order valence-electron chi connectivity index (χ4n) is 4.50. The first-order chi connectivity index (χ1) is 15.6. The van der Waals surface area contributed by atoms with Crippen LogP contribution in [-0.2, 0) is 0 Å². The summed E-state index contributed by atoms with van der Waals surface area (Å²) in [5.74, 6) is 1.06. The number of nitrogen functional groups attached to an aromatic ring is 1. The van der Waals surface area contributed by atoms with Crippen molar-refractivity contribution in [3.05, 3.63) is 47.5 Å². The largest absolute Gasteiger partial charge is 0.452 e. The summed E-state index contributed by atoms with van der Waals surface area (Å²) in [6, 6.07) is 4.16. The van der Waals surface area contributed by atoms with E-state index in [1.807, 2.05) is 34.6 Å². The summed E-state index contributed by atoms with van der Waals surface area (Å²) in [5, 5.41) is 18.8. The lowest BCUT2D eigenvalue weighted by molar-refractivity contribution is 0.108. The van der Waals surface area contributed by atoms with E-state index in [0.717, 1.165) is 57.8 Å². The molecule has 5 aromatic rings. The lowest BCUT2D eigenvalue weighted by Gasteiger charge is -2.25. The number of anilines is 1. The van der Waals surface area contributed by atoms with Crippen LogP contribution in [0.15, 0.2) is 46.7 Å². The maximum atomic E-state index is 9.79. The Morgan fingerprint density at radius 1 is 1.06 bits per heavy atom. The minimum atomic E-state index is -0.189. The number of aromatic nitrogens is 4. The summed E-state index contributed by atoms with van der Waals surface area (Å²) >= 11 is 7.72. The zero-order valence-corrected chi connectivity index (χ0v) is 18.6. The molecule has 5 aromatic heterocycles. The maximum Gasteiger partial charge on any atom is 0.177 e. The number of furan rings is 1. The molecule has 0 saturated heterocycles. The molecule has 1 aliphatic rings. The van der Waals surface area contributed by atoms with Gasteiger partial charge in [0.1, 0.15) is 10.9 Å². The molecule has 1 aliphatic carbocycles. The molecule has 5 heterocycles. The quantitative estimate of drug-likeness (QED) is 0.332. The van der Waals surface area contributed by atoms with E-state index in [1.165, 1.54) is 0 Å². The number of fused-ring (bicyclic) bond motifs is 2. The van der Waals surface area contributed by atoms with Crippen molar-refractivity contribution in [3.8, 4) is 22.5 Å². The lowest BCUT2D eigenvalue weighted by atomic mass is 9.93. The number of nitrogens with zero attached hydrogens (tertiary/aromatic N) is 4. The molecule has 6 rings (SSSR count). The number of aliphatic hydroxyl groups excluding tert-OH is 1. The van der Waals surface area contributed by atoms with Crippen LogP contribution in [0.2, 0.25) is 5.15 Å². The van der Waals surface area contributed by atoms with Gasteiger partial charge < -0.3 is 15.3 Å². The molecule has 0 atom stereocenters. The summed E-state index contributed by atoms with van der Waals surface area (Å²) in [6.45, 7) is 0. The molecule has 162 valence electrons. The Labute approximate surface area is 192 Å². The van der Waals surface area contributed by atoms with E-state index in [4.69, 9.17) is 21.8 Å². The van der Waals surface area contributed by atoms with E-state index in [1.54, 1.807) is 23.7 Å². The minimum absolute atomic E-state index is 0.189. The molecule has 32 heavy (non-hydrogen) atoms. The third kappa shape index (κ3) is 3.26. The van der Waals surface area contributed by atoms with Crippen LogP contribution < -0.4 is 5.73 Å². The second kappa shape index (κ2) is 7.58. The molecular weight excluding hydrogens is 446 g/mol. The highest BCUT2D eigenvalue weighted by Gasteiger charge is 2.23. The van der Waals surface area contributed by atoms with Gasteiger partial charge in [0.15, 0.2) is 11.4 Å². The van der Waals surface area contributed by atoms with Crippen LogP contribution in [-0.4, -0.2) is 31.0 Å². The number of nitrogens with two attached hydrogens (primary N) is 1. The summed E-state index contributed by atoms with van der Waals surface area (Å²) < 4.78 is 9.23. The molecule has 0 amide bonds. The fourth-order valence-corrected chi connectivity index (χ4v) is 5.56. The Morgan fingerprint density at radius 3 is 2.75 bits per heavy atom. The number of hydrogen-bond acceptors (Lipinski definition) is 7. The highest BCUT2D eigenvalue weighted by Crippen LogP contribution is 2.41. The first-order valence-corrected chi connectivity index (χ1v) is 11.8. The highest BCUT2D eigenvalue weighted by atomic mass is 35.5. The van der Waals surface area contributed by atoms with E-state index in [9.17, 15) is 5.11 Å². The van der Waals surface area contributed by atoms with Crippen LogP contribution in [0.5, 0.6) is 0 Å². The summed E-state index contributed by atoms with van der Waals surface area (Å²) in [5.41, 5.74) is 9.56. The first kappa shape index (κ1) is 19.7. The van der Waals surface area contributed by atoms with Crippen LogP contribution >= 0.6 is 22.9 Å². The molecule has 0 spiro atoms. The van der Waals surface area contributed by atoms with Gasteiger partial charge in [-0.15, -0.1) is 11.3 Å². The Kier molecular flexibility index (Phi) is 4.67. The number of hydrogen-bond donors (Lipinski definition) is 2. The third-order valence-electron chi connectivity index (χ3n) is 6.23. The number of halogens is 1. The Balaban J connectivity index is 1.43. The first-order valence-electron chi connectivity index (χ1n) is 10.5. The van der Waals surface area contributed by atoms with Crippen LogP contribution in [0.25, 0.3) is 43.5 Å². The van der Waals surface area contributed by atoms with Crippen molar-refractivity contribution in [1.82, 2.24) is 19.7 Å². The van der Waals surface area contributed by atoms with Crippen molar-refractivity contribution in [1.29, 1.82) is 0 Å². The van der Waals surface area contributed by atoms with Gasteiger partial charge in [-0.25, -0.2) is 9.97 Å². The van der Waals surface area contributed by atoms with Crippen LogP contribution in [0.1, 0.15) is 31.7 Å². The standard InChI is InChI=1S/C23H20ClN5O2S/c24-21-6-15-18(11-32-20(15)9-26-21)19-5-16-17(8-27-23(25)22(16)31-19)12-7-28-29(10-12)13-1-3-14(30)4-2-13/h5-11,13-14,30H,1-4H2,(H2,25,27)/t13-,14-. The van der Waals surface area contributed by atoms with Gasteiger partial charge in [0, 0.05) is 51.4 Å². The van der Waals surface area contributed by atoms with E-state index in [0.29, 0.717) is 28.4 Å². The summed E-state index contributed by atoms with van der Waals surface area (Å²) in [4.78, 5) is 8.53. The third-order valence-corrected chi connectivity index (χ3v) is 7.37. The van der Waals surface area contributed by atoms with Crippen LogP contribution in [0.3, 0.4) is 0 Å². The van der Waals surface area contributed by atoms with E-state index in [-0.39, 0.29) is 6.10 Å². The van der Waals surface area contributed by atoms with Gasteiger partial charge in [-0.05, 0) is 37.8 Å². The van der Waals surface area contributed by atoms with Crippen molar-refractivity contribution in [2.45, 2.75) is 37.8 Å². The Bertz CT molecular complexity index is 1450. The van der Waals surface area contributed by atoms with Crippen LogP contribution in [0, 0.1) is 0 Å². The van der Waals surface area contributed by atoms with Gasteiger partial charge in [-0.2, -0.15) is 5.10 Å². The van der Waals surface area contributed by atoms with Crippen molar-refractivity contribution >= 4 is 49.8 Å². The SMILES string of the molecule is Nc1ncc(-c2cnn([C@H]3CC[C@H](O)CC3)c2)c2cc(-c3csc4cnc(Cl)cc34)oc12. The van der Waals surface area contributed by atoms with Gasteiger partial charge in [0.25, 0.3) is 0 Å². The van der Waals surface area contributed by atoms with Gasteiger partial charge >= 0.3 is 0 Å². The number of rotatable bonds is 3. The summed E-state index contributed by atoms with van der Waals surface area (Å²) in [6.07, 6.45) is 10.7. The van der Waals surface area contributed by atoms with Gasteiger partial charge in [0.05, 0.1) is 23.0 Å². The predicted molar refractivity (Wildman–Crippen MR) is 127 cm³/mol. The van der Waals surface area contributed by atoms with Crippen molar-refractivity contribution in [3.63, 3.8) is 0 Å². The van der Waals surface area contributed by atoms with E-state index < -0.39 is 0 Å². The molecule has 7 nitrogen and oxygen atoms in total. The average Bonchev–Trinajstić information content (AvgIpc) is 3.52. The van der Waals surface area contributed by atoms with E-state index in [2.05, 4.69) is 15.1 Å². The normalized spacial score (nSPS) is 19.2. The number of thiophene rings is 1. The Morgan fingerprint density at radius 2 is 1.91 bits per heavy atom. The van der Waals surface area contributed by atoms with Gasteiger partial charge in [-0.1, -0.05) is 11.6 Å².